The fourth-order valence-electron chi connectivity index (χ4n) is 3.39. The van der Waals surface area contributed by atoms with Crippen LogP contribution in [0, 0.1) is 5.92 Å². The van der Waals surface area contributed by atoms with Crippen molar-refractivity contribution >= 4 is 5.91 Å². The number of para-hydroxylation sites is 1. The van der Waals surface area contributed by atoms with Crippen LogP contribution in [-0.2, 0) is 11.3 Å². The van der Waals surface area contributed by atoms with Gasteiger partial charge in [0.15, 0.2) is 11.5 Å². The molecule has 1 saturated heterocycles. The van der Waals surface area contributed by atoms with Crippen LogP contribution in [0.25, 0.3) is 0 Å². The molecule has 1 aromatic heterocycles. The summed E-state index contributed by atoms with van der Waals surface area (Å²) in [5, 5.41) is 6.32. The summed E-state index contributed by atoms with van der Waals surface area (Å²) in [7, 11) is 3.15. The number of nitrogens with one attached hydrogen (secondary N) is 2. The van der Waals surface area contributed by atoms with Gasteiger partial charge in [0.2, 0.25) is 17.5 Å². The molecule has 0 radical (unpaired) electrons. The number of methoxy groups -OCH3 is 2. The zero-order valence-corrected chi connectivity index (χ0v) is 17.1. The third-order valence-corrected chi connectivity index (χ3v) is 5.11. The molecule has 0 spiro atoms. The third-order valence-electron chi connectivity index (χ3n) is 5.11. The number of hydrogen-bond donors (Lipinski definition) is 2. The fraction of sp³-hybridized carbons (Fsp3) is 0.455. The molecule has 7 heteroatoms. The SMILES string of the molecule is COc1cccc(OC)c1Oc1ccc(CNC(=O)CCC2CCNCC2)cn1. The van der Waals surface area contributed by atoms with Crippen LogP contribution in [0.2, 0.25) is 0 Å². The van der Waals surface area contributed by atoms with E-state index < -0.39 is 0 Å². The molecule has 1 aromatic carbocycles. The van der Waals surface area contributed by atoms with E-state index in [1.165, 1.54) is 0 Å². The highest BCUT2D eigenvalue weighted by Crippen LogP contribution is 2.39. The molecular formula is C22H29N3O4. The number of carbonyl (C=O) groups excluding carboxylic acids is 1. The number of hydrogen-bond acceptors (Lipinski definition) is 6. The monoisotopic (exact) mass is 399 g/mol. The first-order chi connectivity index (χ1) is 14.2. The highest BCUT2D eigenvalue weighted by atomic mass is 16.5. The molecule has 1 fully saturated rings. The van der Waals surface area contributed by atoms with Gasteiger partial charge in [-0.2, -0.15) is 0 Å². The van der Waals surface area contributed by atoms with E-state index in [1.807, 2.05) is 12.1 Å². The van der Waals surface area contributed by atoms with Gasteiger partial charge in [-0.15, -0.1) is 0 Å². The minimum Gasteiger partial charge on any atom is -0.493 e. The van der Waals surface area contributed by atoms with Crippen molar-refractivity contribution in [3.63, 3.8) is 0 Å². The van der Waals surface area contributed by atoms with Crippen molar-refractivity contribution in [1.29, 1.82) is 0 Å². The van der Waals surface area contributed by atoms with Gasteiger partial charge < -0.3 is 24.8 Å². The summed E-state index contributed by atoms with van der Waals surface area (Å²) in [6.45, 7) is 2.58. The summed E-state index contributed by atoms with van der Waals surface area (Å²) in [5.41, 5.74) is 0.916. The van der Waals surface area contributed by atoms with Crippen LogP contribution in [0.5, 0.6) is 23.1 Å². The van der Waals surface area contributed by atoms with Crippen LogP contribution in [-0.4, -0.2) is 38.2 Å². The number of nitrogens with zero attached hydrogens (tertiary/aromatic N) is 1. The van der Waals surface area contributed by atoms with Crippen molar-refractivity contribution in [1.82, 2.24) is 15.6 Å². The second kappa shape index (κ2) is 10.7. The molecule has 0 saturated carbocycles. The van der Waals surface area contributed by atoms with Gasteiger partial charge in [0, 0.05) is 25.2 Å². The molecule has 2 N–H and O–H groups in total. The van der Waals surface area contributed by atoms with Gasteiger partial charge in [-0.25, -0.2) is 4.98 Å². The maximum atomic E-state index is 12.1. The first-order valence-corrected chi connectivity index (χ1v) is 10.0. The van der Waals surface area contributed by atoms with Crippen molar-refractivity contribution < 1.29 is 19.0 Å². The summed E-state index contributed by atoms with van der Waals surface area (Å²) < 4.78 is 16.5. The molecule has 3 rings (SSSR count). The number of piperidine rings is 1. The van der Waals surface area contributed by atoms with Gasteiger partial charge in [0.1, 0.15) is 0 Å². The first-order valence-electron chi connectivity index (χ1n) is 10.0. The van der Waals surface area contributed by atoms with E-state index in [0.717, 1.165) is 37.9 Å². The predicted molar refractivity (Wildman–Crippen MR) is 111 cm³/mol. The minimum absolute atomic E-state index is 0.0858. The molecule has 0 atom stereocenters. The van der Waals surface area contributed by atoms with Crippen LogP contribution in [0.4, 0.5) is 0 Å². The van der Waals surface area contributed by atoms with Crippen LogP contribution in [0.3, 0.4) is 0 Å². The van der Waals surface area contributed by atoms with Crippen molar-refractivity contribution in [3.05, 3.63) is 42.1 Å². The van der Waals surface area contributed by atoms with Gasteiger partial charge in [-0.3, -0.25) is 4.79 Å². The Balaban J connectivity index is 1.49. The quantitative estimate of drug-likeness (QED) is 0.673. The smallest absolute Gasteiger partial charge is 0.220 e. The largest absolute Gasteiger partial charge is 0.493 e. The lowest BCUT2D eigenvalue weighted by atomic mass is 9.93. The standard InChI is InChI=1S/C22H29N3O4/c1-27-18-4-3-5-19(28-2)22(18)29-21-9-7-17(15-25-21)14-24-20(26)8-6-16-10-12-23-13-11-16/h3-5,7,9,15-16,23H,6,8,10-14H2,1-2H3,(H,24,26). The maximum Gasteiger partial charge on any atom is 0.220 e. The van der Waals surface area contributed by atoms with Crippen molar-refractivity contribution in [2.45, 2.75) is 32.2 Å². The summed E-state index contributed by atoms with van der Waals surface area (Å²) >= 11 is 0. The summed E-state index contributed by atoms with van der Waals surface area (Å²) in [5.74, 6) is 2.78. The van der Waals surface area contributed by atoms with Crippen LogP contribution >= 0.6 is 0 Å². The molecule has 156 valence electrons. The fourth-order valence-corrected chi connectivity index (χ4v) is 3.39. The van der Waals surface area contributed by atoms with Crippen LogP contribution in [0.1, 0.15) is 31.2 Å². The molecule has 0 aliphatic carbocycles. The Morgan fingerprint density at radius 1 is 1.14 bits per heavy atom. The summed E-state index contributed by atoms with van der Waals surface area (Å²) in [4.78, 5) is 16.4. The minimum atomic E-state index is 0.0858. The molecule has 0 bridgehead atoms. The molecule has 1 amide bonds. The number of aromatic nitrogens is 1. The molecule has 0 unspecified atom stereocenters. The number of benzene rings is 1. The highest BCUT2D eigenvalue weighted by Gasteiger charge is 2.15. The maximum absolute atomic E-state index is 12.1. The Hall–Kier alpha value is -2.80. The van der Waals surface area contributed by atoms with Crippen LogP contribution < -0.4 is 24.8 Å². The summed E-state index contributed by atoms with van der Waals surface area (Å²) in [6, 6.07) is 9.08. The van der Waals surface area contributed by atoms with Crippen molar-refractivity contribution in [2.75, 3.05) is 27.3 Å². The zero-order valence-electron chi connectivity index (χ0n) is 17.1. The Kier molecular flexibility index (Phi) is 7.69. The Morgan fingerprint density at radius 2 is 1.86 bits per heavy atom. The van der Waals surface area contributed by atoms with E-state index in [2.05, 4.69) is 15.6 Å². The van der Waals surface area contributed by atoms with Gasteiger partial charge in [0.25, 0.3) is 0 Å². The van der Waals surface area contributed by atoms with E-state index in [1.54, 1.807) is 38.6 Å². The number of amides is 1. The first kappa shape index (κ1) is 20.9. The topological polar surface area (TPSA) is 81.7 Å². The molecule has 2 aromatic rings. The lowest BCUT2D eigenvalue weighted by Gasteiger charge is -2.22. The van der Waals surface area contributed by atoms with Crippen molar-refractivity contribution in [2.24, 2.45) is 5.92 Å². The molecule has 2 heterocycles. The molecule has 1 aliphatic rings. The molecule has 1 aliphatic heterocycles. The highest BCUT2D eigenvalue weighted by molar-refractivity contribution is 5.75. The van der Waals surface area contributed by atoms with E-state index in [0.29, 0.717) is 42.0 Å². The third kappa shape index (κ3) is 6.09. The van der Waals surface area contributed by atoms with Gasteiger partial charge in [-0.1, -0.05) is 12.1 Å². The van der Waals surface area contributed by atoms with Gasteiger partial charge in [0.05, 0.1) is 14.2 Å². The normalized spacial score (nSPS) is 14.3. The zero-order chi connectivity index (χ0) is 20.5. The predicted octanol–water partition coefficient (Wildman–Crippen LogP) is 3.29. The Morgan fingerprint density at radius 3 is 2.48 bits per heavy atom. The molecular weight excluding hydrogens is 370 g/mol. The lowest BCUT2D eigenvalue weighted by molar-refractivity contribution is -0.121. The van der Waals surface area contributed by atoms with Gasteiger partial charge >= 0.3 is 0 Å². The summed E-state index contributed by atoms with van der Waals surface area (Å²) in [6.07, 6.45) is 5.56. The molecule has 7 nitrogen and oxygen atoms in total. The van der Waals surface area contributed by atoms with Gasteiger partial charge in [-0.05, 0) is 56.0 Å². The average molecular weight is 399 g/mol. The van der Waals surface area contributed by atoms with Crippen LogP contribution in [0.15, 0.2) is 36.5 Å². The number of carbonyl (C=O) groups is 1. The second-order valence-corrected chi connectivity index (χ2v) is 7.11. The average Bonchev–Trinajstić information content (AvgIpc) is 2.78. The Labute approximate surface area is 171 Å². The van der Waals surface area contributed by atoms with E-state index in [-0.39, 0.29) is 5.91 Å². The number of ether oxygens (including phenoxy) is 3. The van der Waals surface area contributed by atoms with Crippen molar-refractivity contribution in [3.8, 4) is 23.1 Å². The van der Waals surface area contributed by atoms with E-state index in [4.69, 9.17) is 14.2 Å². The van der Waals surface area contributed by atoms with E-state index >= 15 is 0 Å². The Bertz CT molecular complexity index is 767. The number of rotatable bonds is 9. The number of pyridine rings is 1. The molecule has 29 heavy (non-hydrogen) atoms. The lowest BCUT2D eigenvalue weighted by Crippen LogP contribution is -2.29. The van der Waals surface area contributed by atoms with E-state index in [9.17, 15) is 4.79 Å². The second-order valence-electron chi connectivity index (χ2n) is 7.11.